The minimum atomic E-state index is -2.19. The van der Waals surface area contributed by atoms with E-state index in [0.29, 0.717) is 0 Å². The van der Waals surface area contributed by atoms with Crippen LogP contribution in [-0.4, -0.2) is 22.4 Å². The summed E-state index contributed by atoms with van der Waals surface area (Å²) in [6, 6.07) is 0. The summed E-state index contributed by atoms with van der Waals surface area (Å²) >= 11 is 0. The molecule has 0 aromatic carbocycles. The van der Waals surface area contributed by atoms with Gasteiger partial charge in [0.05, 0.1) is 0 Å². The molecule has 0 aromatic heterocycles. The second-order valence-corrected chi connectivity index (χ2v) is 3.68. The lowest BCUT2D eigenvalue weighted by molar-refractivity contribution is -0.155. The van der Waals surface area contributed by atoms with Gasteiger partial charge in [0.15, 0.2) is 0 Å². The molecule has 0 saturated heterocycles. The summed E-state index contributed by atoms with van der Waals surface area (Å²) in [5.41, 5.74) is -3.57. The van der Waals surface area contributed by atoms with Crippen molar-refractivity contribution in [3.05, 3.63) is 0 Å². The third-order valence-corrected chi connectivity index (χ3v) is 2.47. The van der Waals surface area contributed by atoms with Crippen molar-refractivity contribution >= 4 is 5.97 Å². The van der Waals surface area contributed by atoms with Gasteiger partial charge in [0, 0.05) is 0 Å². The van der Waals surface area contributed by atoms with Gasteiger partial charge in [-0.3, -0.25) is 0 Å². The molecular formula is C8H12F2O2. The fourth-order valence-electron chi connectivity index (χ4n) is 1.38. The van der Waals surface area contributed by atoms with Crippen LogP contribution < -0.4 is 0 Å². The molecule has 1 saturated carbocycles. The van der Waals surface area contributed by atoms with Crippen LogP contribution >= 0.6 is 0 Å². The predicted molar refractivity (Wildman–Crippen MR) is 39.5 cm³/mol. The first-order valence-electron chi connectivity index (χ1n) is 3.97. The van der Waals surface area contributed by atoms with E-state index in [1.54, 1.807) is 0 Å². The third-order valence-electron chi connectivity index (χ3n) is 2.47. The van der Waals surface area contributed by atoms with E-state index in [9.17, 15) is 13.6 Å². The van der Waals surface area contributed by atoms with Crippen molar-refractivity contribution in [2.75, 3.05) is 0 Å². The molecular weight excluding hydrogens is 166 g/mol. The Morgan fingerprint density at radius 2 is 1.67 bits per heavy atom. The summed E-state index contributed by atoms with van der Waals surface area (Å²) in [4.78, 5) is 10.4. The van der Waals surface area contributed by atoms with Crippen LogP contribution in [0, 0.1) is 0 Å². The summed E-state index contributed by atoms with van der Waals surface area (Å²) in [5.74, 6) is -1.46. The van der Waals surface area contributed by atoms with Gasteiger partial charge in [0.2, 0.25) is 5.67 Å². The number of aliphatic carboxylic acids is 1. The van der Waals surface area contributed by atoms with Crippen LogP contribution in [-0.2, 0) is 4.79 Å². The van der Waals surface area contributed by atoms with Crippen LogP contribution in [0.25, 0.3) is 0 Å². The first-order chi connectivity index (χ1) is 5.36. The Bertz CT molecular complexity index is 191. The Kier molecular flexibility index (Phi) is 2.10. The maximum absolute atomic E-state index is 13.3. The standard InChI is InChI=1S/C8H12F2O2/c1-7(9)2-4-8(10,5-3-7)6(11)12/h2-5H2,1H3,(H,11,12). The van der Waals surface area contributed by atoms with Crippen molar-refractivity contribution in [3.63, 3.8) is 0 Å². The quantitative estimate of drug-likeness (QED) is 0.667. The van der Waals surface area contributed by atoms with Gasteiger partial charge in [0.25, 0.3) is 0 Å². The number of hydrogen-bond acceptors (Lipinski definition) is 1. The minimum absolute atomic E-state index is 0.00417. The highest BCUT2D eigenvalue weighted by molar-refractivity contribution is 5.77. The second kappa shape index (κ2) is 2.68. The molecule has 0 radical (unpaired) electrons. The molecule has 4 heteroatoms. The van der Waals surface area contributed by atoms with E-state index in [4.69, 9.17) is 5.11 Å². The molecule has 0 atom stereocenters. The summed E-state index contributed by atoms with van der Waals surface area (Å²) in [5, 5.41) is 8.47. The van der Waals surface area contributed by atoms with Gasteiger partial charge in [-0.05, 0) is 32.6 Å². The normalized spacial score (nSPS) is 42.6. The summed E-state index contributed by atoms with van der Waals surface area (Å²) in [6.07, 6.45) is -0.434. The van der Waals surface area contributed by atoms with Crippen LogP contribution in [0.4, 0.5) is 8.78 Å². The molecule has 1 N–H and O–H groups in total. The topological polar surface area (TPSA) is 37.3 Å². The van der Waals surface area contributed by atoms with Crippen LogP contribution in [0.3, 0.4) is 0 Å². The van der Waals surface area contributed by atoms with Crippen molar-refractivity contribution in [1.29, 1.82) is 0 Å². The molecule has 0 aromatic rings. The van der Waals surface area contributed by atoms with Gasteiger partial charge in [-0.25, -0.2) is 13.6 Å². The fraction of sp³-hybridized carbons (Fsp3) is 0.875. The zero-order valence-electron chi connectivity index (χ0n) is 6.94. The van der Waals surface area contributed by atoms with Crippen molar-refractivity contribution in [2.45, 2.75) is 43.9 Å². The maximum atomic E-state index is 13.3. The van der Waals surface area contributed by atoms with Gasteiger partial charge < -0.3 is 5.11 Å². The molecule has 0 unspecified atom stereocenters. The fourth-order valence-corrected chi connectivity index (χ4v) is 1.38. The van der Waals surface area contributed by atoms with Crippen LogP contribution in [0.1, 0.15) is 32.6 Å². The lowest BCUT2D eigenvalue weighted by Crippen LogP contribution is -2.41. The van der Waals surface area contributed by atoms with E-state index in [2.05, 4.69) is 0 Å². The van der Waals surface area contributed by atoms with Gasteiger partial charge >= 0.3 is 5.97 Å². The Morgan fingerprint density at radius 1 is 1.25 bits per heavy atom. The molecule has 2 nitrogen and oxygen atoms in total. The first-order valence-corrected chi connectivity index (χ1v) is 3.97. The van der Waals surface area contributed by atoms with E-state index in [1.165, 1.54) is 6.92 Å². The molecule has 1 aliphatic carbocycles. The zero-order valence-corrected chi connectivity index (χ0v) is 6.94. The predicted octanol–water partition coefficient (Wildman–Crippen LogP) is 2.08. The molecule has 12 heavy (non-hydrogen) atoms. The second-order valence-electron chi connectivity index (χ2n) is 3.68. The van der Waals surface area contributed by atoms with Crippen molar-refractivity contribution in [3.8, 4) is 0 Å². The number of carboxylic acid groups (broad SMARTS) is 1. The van der Waals surface area contributed by atoms with Crippen molar-refractivity contribution < 1.29 is 18.7 Å². The number of carbonyl (C=O) groups is 1. The largest absolute Gasteiger partial charge is 0.479 e. The number of carboxylic acids is 1. The van der Waals surface area contributed by atoms with E-state index in [0.717, 1.165) is 0 Å². The Morgan fingerprint density at radius 3 is 2.00 bits per heavy atom. The van der Waals surface area contributed by atoms with Crippen LogP contribution in [0.15, 0.2) is 0 Å². The third kappa shape index (κ3) is 1.73. The Hall–Kier alpha value is -0.670. The van der Waals surface area contributed by atoms with E-state index >= 15 is 0 Å². The maximum Gasteiger partial charge on any atom is 0.341 e. The monoisotopic (exact) mass is 178 g/mol. The zero-order chi connectivity index (χ0) is 9.41. The summed E-state index contributed by atoms with van der Waals surface area (Å²) in [6.45, 7) is 1.38. The molecule has 1 fully saturated rings. The van der Waals surface area contributed by atoms with Crippen molar-refractivity contribution in [2.24, 2.45) is 0 Å². The smallest absolute Gasteiger partial charge is 0.341 e. The number of hydrogen-bond donors (Lipinski definition) is 1. The van der Waals surface area contributed by atoms with Crippen molar-refractivity contribution in [1.82, 2.24) is 0 Å². The molecule has 1 aliphatic rings. The van der Waals surface area contributed by atoms with Crippen LogP contribution in [0.5, 0.6) is 0 Å². The summed E-state index contributed by atoms with van der Waals surface area (Å²) < 4.78 is 26.4. The summed E-state index contributed by atoms with van der Waals surface area (Å²) in [7, 11) is 0. The molecule has 70 valence electrons. The molecule has 1 rings (SSSR count). The first kappa shape index (κ1) is 9.42. The van der Waals surface area contributed by atoms with Gasteiger partial charge in [-0.1, -0.05) is 0 Å². The van der Waals surface area contributed by atoms with Gasteiger partial charge in [-0.2, -0.15) is 0 Å². The highest BCUT2D eigenvalue weighted by Crippen LogP contribution is 2.39. The average molecular weight is 178 g/mol. The van der Waals surface area contributed by atoms with E-state index in [-0.39, 0.29) is 25.7 Å². The highest BCUT2D eigenvalue weighted by atomic mass is 19.1. The average Bonchev–Trinajstić information content (AvgIpc) is 1.96. The Balaban J connectivity index is 2.62. The number of rotatable bonds is 1. The molecule has 0 amide bonds. The van der Waals surface area contributed by atoms with Crippen LogP contribution in [0.2, 0.25) is 0 Å². The highest BCUT2D eigenvalue weighted by Gasteiger charge is 2.46. The SMILES string of the molecule is CC1(F)CCC(F)(C(=O)O)CC1. The Labute approximate surface area is 69.6 Å². The molecule has 0 spiro atoms. The molecule has 0 bridgehead atoms. The van der Waals surface area contributed by atoms with Gasteiger partial charge in [0.1, 0.15) is 5.67 Å². The van der Waals surface area contributed by atoms with E-state index < -0.39 is 17.3 Å². The lowest BCUT2D eigenvalue weighted by Gasteiger charge is -2.32. The number of halogens is 2. The lowest BCUT2D eigenvalue weighted by atomic mass is 9.79. The number of alkyl halides is 2. The van der Waals surface area contributed by atoms with E-state index in [1.807, 2.05) is 0 Å². The minimum Gasteiger partial charge on any atom is -0.479 e. The van der Waals surface area contributed by atoms with Gasteiger partial charge in [-0.15, -0.1) is 0 Å². The molecule has 0 aliphatic heterocycles. The molecule has 0 heterocycles.